The van der Waals surface area contributed by atoms with Gasteiger partial charge in [0.25, 0.3) is 0 Å². The van der Waals surface area contributed by atoms with Crippen molar-refractivity contribution in [1.82, 2.24) is 4.72 Å². The highest BCUT2D eigenvalue weighted by molar-refractivity contribution is 7.90. The summed E-state index contributed by atoms with van der Waals surface area (Å²) in [5.74, 6) is 0.529. The van der Waals surface area contributed by atoms with E-state index in [2.05, 4.69) is 10.0 Å². The summed E-state index contributed by atoms with van der Waals surface area (Å²) in [5, 5.41) is 4.23. The van der Waals surface area contributed by atoms with Crippen molar-refractivity contribution < 1.29 is 8.42 Å². The Hall–Kier alpha value is -0.490. The summed E-state index contributed by atoms with van der Waals surface area (Å²) in [6.45, 7) is 4.24. The predicted molar refractivity (Wildman–Crippen MR) is 97.9 cm³/mol. The molecule has 4 nitrogen and oxygen atoms in total. The molecule has 1 aliphatic carbocycles. The minimum Gasteiger partial charge on any atom is -0.384 e. The smallest absolute Gasteiger partial charge is 0.214 e. The number of rotatable bonds is 6. The van der Waals surface area contributed by atoms with Gasteiger partial charge in [-0.25, -0.2) is 13.1 Å². The van der Waals surface area contributed by atoms with Crippen molar-refractivity contribution in [3.63, 3.8) is 0 Å². The van der Waals surface area contributed by atoms with Crippen molar-refractivity contribution in [3.8, 4) is 0 Å². The first-order valence-electron chi connectivity index (χ1n) is 7.98. The molecule has 0 amide bonds. The Morgan fingerprint density at radius 3 is 2.39 bits per heavy atom. The lowest BCUT2D eigenvalue weighted by atomic mass is 9.86. The molecular formula is C16H24Cl2N2O2S. The molecule has 7 heteroatoms. The molecule has 0 unspecified atom stereocenters. The lowest BCUT2D eigenvalue weighted by Gasteiger charge is -2.29. The van der Waals surface area contributed by atoms with Gasteiger partial charge in [0.15, 0.2) is 0 Å². The van der Waals surface area contributed by atoms with Crippen molar-refractivity contribution in [2.45, 2.75) is 50.8 Å². The standard InChI is InChI=1S/C16H24Cl2N2O2S/c1-11(2)23(21,22)20-14-6-3-12(4-7-14)10-19-16-8-5-13(17)9-15(16)18/h5,8-9,11-12,14,19-20H,3-4,6-7,10H2,1-2H3/t12-,14-. The number of hydrogen-bond donors (Lipinski definition) is 2. The highest BCUT2D eigenvalue weighted by Crippen LogP contribution is 2.28. The summed E-state index contributed by atoms with van der Waals surface area (Å²) >= 11 is 12.0. The number of anilines is 1. The first kappa shape index (κ1) is 18.8. The topological polar surface area (TPSA) is 58.2 Å². The molecule has 0 heterocycles. The van der Waals surface area contributed by atoms with E-state index in [9.17, 15) is 8.42 Å². The van der Waals surface area contributed by atoms with Crippen LogP contribution >= 0.6 is 23.2 Å². The van der Waals surface area contributed by atoms with E-state index in [0.717, 1.165) is 37.9 Å². The maximum Gasteiger partial charge on any atom is 0.214 e. The molecule has 1 fully saturated rings. The molecule has 1 aliphatic rings. The Balaban J connectivity index is 1.79. The van der Waals surface area contributed by atoms with E-state index >= 15 is 0 Å². The molecule has 0 spiro atoms. The normalized spacial score (nSPS) is 22.3. The maximum absolute atomic E-state index is 11.9. The zero-order chi connectivity index (χ0) is 17.0. The van der Waals surface area contributed by atoms with Crippen LogP contribution in [0.3, 0.4) is 0 Å². The van der Waals surface area contributed by atoms with Crippen LogP contribution in [0.25, 0.3) is 0 Å². The zero-order valence-corrected chi connectivity index (χ0v) is 15.8. The van der Waals surface area contributed by atoms with Gasteiger partial charge in [-0.15, -0.1) is 0 Å². The summed E-state index contributed by atoms with van der Waals surface area (Å²) in [6.07, 6.45) is 3.77. The molecule has 1 aromatic rings. The van der Waals surface area contributed by atoms with Crippen molar-refractivity contribution in [1.29, 1.82) is 0 Å². The third-order valence-corrected chi connectivity index (χ3v) is 6.76. The van der Waals surface area contributed by atoms with Gasteiger partial charge in [0.2, 0.25) is 10.0 Å². The van der Waals surface area contributed by atoms with Gasteiger partial charge >= 0.3 is 0 Å². The van der Waals surface area contributed by atoms with Crippen molar-refractivity contribution in [3.05, 3.63) is 28.2 Å². The molecular weight excluding hydrogens is 355 g/mol. The second kappa shape index (κ2) is 8.06. The van der Waals surface area contributed by atoms with E-state index in [1.807, 2.05) is 12.1 Å². The Morgan fingerprint density at radius 2 is 1.83 bits per heavy atom. The van der Waals surface area contributed by atoms with Crippen LogP contribution in [0.2, 0.25) is 10.0 Å². The van der Waals surface area contributed by atoms with Crippen LogP contribution < -0.4 is 10.0 Å². The van der Waals surface area contributed by atoms with Gasteiger partial charge in [0, 0.05) is 17.6 Å². The Bertz CT molecular complexity index is 627. The van der Waals surface area contributed by atoms with E-state index in [1.165, 1.54) is 0 Å². The summed E-state index contributed by atoms with van der Waals surface area (Å²) in [5.41, 5.74) is 0.888. The van der Waals surface area contributed by atoms with Crippen LogP contribution in [-0.4, -0.2) is 26.3 Å². The number of sulfonamides is 1. The van der Waals surface area contributed by atoms with E-state index in [0.29, 0.717) is 16.0 Å². The SMILES string of the molecule is CC(C)S(=O)(=O)N[C@H]1CC[C@H](CNc2ccc(Cl)cc2Cl)CC1. The third kappa shape index (κ3) is 5.52. The fourth-order valence-corrected chi connectivity index (χ4v) is 4.19. The van der Waals surface area contributed by atoms with Gasteiger partial charge in [-0.1, -0.05) is 23.2 Å². The quantitative estimate of drug-likeness (QED) is 0.775. The number of benzene rings is 1. The molecule has 1 saturated carbocycles. The van der Waals surface area contributed by atoms with Crippen LogP contribution in [0.5, 0.6) is 0 Å². The molecule has 0 aliphatic heterocycles. The molecule has 0 radical (unpaired) electrons. The predicted octanol–water partition coefficient (Wildman–Crippen LogP) is 4.29. The van der Waals surface area contributed by atoms with E-state index in [4.69, 9.17) is 23.2 Å². The first-order valence-corrected chi connectivity index (χ1v) is 10.3. The van der Waals surface area contributed by atoms with Crippen LogP contribution in [0, 0.1) is 5.92 Å². The van der Waals surface area contributed by atoms with E-state index < -0.39 is 10.0 Å². The number of halogens is 2. The van der Waals surface area contributed by atoms with E-state index in [1.54, 1.807) is 19.9 Å². The minimum absolute atomic E-state index is 0.0674. The molecule has 1 aromatic carbocycles. The summed E-state index contributed by atoms with van der Waals surface area (Å²) in [4.78, 5) is 0. The molecule has 0 atom stereocenters. The molecule has 0 aromatic heterocycles. The Kier molecular flexibility index (Phi) is 6.60. The lowest BCUT2D eigenvalue weighted by molar-refractivity contribution is 0.323. The first-order chi connectivity index (χ1) is 10.8. The van der Waals surface area contributed by atoms with E-state index in [-0.39, 0.29) is 11.3 Å². The van der Waals surface area contributed by atoms with Crippen LogP contribution in [-0.2, 0) is 10.0 Å². The Labute approximate surface area is 149 Å². The third-order valence-electron chi connectivity index (χ3n) is 4.31. The van der Waals surface area contributed by atoms with Gasteiger partial charge in [0.05, 0.1) is 16.0 Å². The fourth-order valence-electron chi connectivity index (χ4n) is 2.74. The largest absolute Gasteiger partial charge is 0.384 e. The maximum atomic E-state index is 11.9. The highest BCUT2D eigenvalue weighted by atomic mass is 35.5. The summed E-state index contributed by atoms with van der Waals surface area (Å²) in [7, 11) is -3.18. The monoisotopic (exact) mass is 378 g/mol. The Morgan fingerprint density at radius 1 is 1.17 bits per heavy atom. The van der Waals surface area contributed by atoms with Gasteiger partial charge in [-0.3, -0.25) is 0 Å². The summed E-state index contributed by atoms with van der Waals surface area (Å²) < 4.78 is 26.6. The molecule has 2 N–H and O–H groups in total. The molecule has 0 bridgehead atoms. The van der Waals surface area contributed by atoms with Crippen molar-refractivity contribution >= 4 is 38.9 Å². The molecule has 2 rings (SSSR count). The number of nitrogens with one attached hydrogen (secondary N) is 2. The van der Waals surface area contributed by atoms with Crippen LogP contribution in [0.15, 0.2) is 18.2 Å². The highest BCUT2D eigenvalue weighted by Gasteiger charge is 2.26. The molecule has 23 heavy (non-hydrogen) atoms. The fraction of sp³-hybridized carbons (Fsp3) is 0.625. The second-order valence-electron chi connectivity index (χ2n) is 6.43. The van der Waals surface area contributed by atoms with Crippen LogP contribution in [0.1, 0.15) is 39.5 Å². The zero-order valence-electron chi connectivity index (χ0n) is 13.5. The molecule has 0 saturated heterocycles. The molecule has 130 valence electrons. The van der Waals surface area contributed by atoms with Gasteiger partial charge in [-0.2, -0.15) is 0 Å². The average molecular weight is 379 g/mol. The van der Waals surface area contributed by atoms with Gasteiger partial charge in [-0.05, 0) is 63.6 Å². The van der Waals surface area contributed by atoms with Crippen molar-refractivity contribution in [2.24, 2.45) is 5.92 Å². The van der Waals surface area contributed by atoms with Crippen LogP contribution in [0.4, 0.5) is 5.69 Å². The second-order valence-corrected chi connectivity index (χ2v) is 9.55. The number of hydrogen-bond acceptors (Lipinski definition) is 3. The van der Waals surface area contributed by atoms with Gasteiger partial charge < -0.3 is 5.32 Å². The average Bonchev–Trinajstić information content (AvgIpc) is 2.47. The minimum atomic E-state index is -3.18. The summed E-state index contributed by atoms with van der Waals surface area (Å²) in [6, 6.07) is 5.49. The lowest BCUT2D eigenvalue weighted by Crippen LogP contribution is -2.41. The van der Waals surface area contributed by atoms with Crippen molar-refractivity contribution in [2.75, 3.05) is 11.9 Å². The van der Waals surface area contributed by atoms with Gasteiger partial charge in [0.1, 0.15) is 0 Å².